The van der Waals surface area contributed by atoms with E-state index in [1.165, 1.54) is 0 Å². The number of halogens is 5. The van der Waals surface area contributed by atoms with E-state index in [9.17, 15) is 31.9 Å². The maximum atomic E-state index is 14.4. The maximum absolute atomic E-state index is 14.4. The lowest BCUT2D eigenvalue weighted by atomic mass is 10.2. The number of carbonyl (C=O) groups excluding carboxylic acids is 1. The highest BCUT2D eigenvalue weighted by molar-refractivity contribution is 9.10. The fraction of sp³-hybridized carbons (Fsp3) is 0.312. The van der Waals surface area contributed by atoms with Gasteiger partial charge in [0.2, 0.25) is 0 Å². The zero-order valence-electron chi connectivity index (χ0n) is 14.5. The SMILES string of the molecule is CCOC(=O)COc1cc(-n2c(=O)cc(C(F)(F)F)n(C)c2=O)c(F)cc1Br. The first-order valence-corrected chi connectivity index (χ1v) is 8.44. The van der Waals surface area contributed by atoms with E-state index in [2.05, 4.69) is 20.7 Å². The summed E-state index contributed by atoms with van der Waals surface area (Å²) in [6, 6.07) is 1.94. The molecule has 152 valence electrons. The number of esters is 1. The quantitative estimate of drug-likeness (QED) is 0.497. The number of benzene rings is 1. The van der Waals surface area contributed by atoms with Gasteiger partial charge in [0.15, 0.2) is 6.61 Å². The molecule has 0 atom stereocenters. The van der Waals surface area contributed by atoms with Crippen LogP contribution in [0.25, 0.3) is 5.69 Å². The predicted octanol–water partition coefficient (Wildman–Crippen LogP) is 2.40. The topological polar surface area (TPSA) is 79.5 Å². The molecule has 1 heterocycles. The van der Waals surface area contributed by atoms with Crippen LogP contribution in [0.2, 0.25) is 0 Å². The first-order chi connectivity index (χ1) is 13.0. The van der Waals surface area contributed by atoms with Gasteiger partial charge in [-0.05, 0) is 28.9 Å². The van der Waals surface area contributed by atoms with Crippen LogP contribution in [-0.4, -0.2) is 28.3 Å². The van der Waals surface area contributed by atoms with Gasteiger partial charge in [0, 0.05) is 19.2 Å². The maximum Gasteiger partial charge on any atom is 0.431 e. The Morgan fingerprint density at radius 3 is 2.43 bits per heavy atom. The van der Waals surface area contributed by atoms with E-state index in [0.29, 0.717) is 0 Å². The Kier molecular flexibility index (Phi) is 6.32. The lowest BCUT2D eigenvalue weighted by molar-refractivity contribution is -0.145. The molecule has 7 nitrogen and oxygen atoms in total. The summed E-state index contributed by atoms with van der Waals surface area (Å²) in [4.78, 5) is 35.8. The second-order valence-electron chi connectivity index (χ2n) is 5.37. The minimum absolute atomic E-state index is 0.0508. The van der Waals surface area contributed by atoms with Gasteiger partial charge in [0.05, 0.1) is 16.8 Å². The van der Waals surface area contributed by atoms with Crippen molar-refractivity contribution in [1.29, 1.82) is 0 Å². The summed E-state index contributed by atoms with van der Waals surface area (Å²) in [6.07, 6.45) is -4.95. The number of aromatic nitrogens is 2. The summed E-state index contributed by atoms with van der Waals surface area (Å²) in [5.74, 6) is -1.92. The summed E-state index contributed by atoms with van der Waals surface area (Å²) in [7, 11) is 0.802. The van der Waals surface area contributed by atoms with Gasteiger partial charge >= 0.3 is 17.8 Å². The van der Waals surface area contributed by atoms with E-state index in [1.54, 1.807) is 6.92 Å². The fourth-order valence-electron chi connectivity index (χ4n) is 2.26. The van der Waals surface area contributed by atoms with Crippen LogP contribution in [0.4, 0.5) is 17.6 Å². The third-order valence-electron chi connectivity index (χ3n) is 3.50. The normalized spacial score (nSPS) is 11.4. The molecule has 0 N–H and O–H groups in total. The van der Waals surface area contributed by atoms with Crippen molar-refractivity contribution in [2.24, 2.45) is 7.05 Å². The van der Waals surface area contributed by atoms with E-state index in [4.69, 9.17) is 4.74 Å². The molecular weight excluding hydrogens is 456 g/mol. The molecule has 1 aromatic carbocycles. The number of rotatable bonds is 5. The van der Waals surface area contributed by atoms with Crippen molar-refractivity contribution in [3.63, 3.8) is 0 Å². The Hall–Kier alpha value is -2.63. The highest BCUT2D eigenvalue weighted by atomic mass is 79.9. The van der Waals surface area contributed by atoms with Crippen molar-refractivity contribution in [2.75, 3.05) is 13.2 Å². The zero-order valence-corrected chi connectivity index (χ0v) is 16.1. The summed E-state index contributed by atoms with van der Waals surface area (Å²) < 4.78 is 63.4. The van der Waals surface area contributed by atoms with Gasteiger partial charge in [-0.3, -0.25) is 9.36 Å². The lowest BCUT2D eigenvalue weighted by Gasteiger charge is -2.15. The van der Waals surface area contributed by atoms with E-state index >= 15 is 0 Å². The third-order valence-corrected chi connectivity index (χ3v) is 4.12. The monoisotopic (exact) mass is 468 g/mol. The fourth-order valence-corrected chi connectivity index (χ4v) is 2.69. The third kappa shape index (κ3) is 4.43. The number of hydrogen-bond donors (Lipinski definition) is 0. The Morgan fingerprint density at radius 1 is 1.21 bits per heavy atom. The molecule has 2 aromatic rings. The average Bonchev–Trinajstić information content (AvgIpc) is 2.58. The molecule has 0 saturated carbocycles. The second-order valence-corrected chi connectivity index (χ2v) is 6.22. The van der Waals surface area contributed by atoms with Crippen LogP contribution in [-0.2, 0) is 22.8 Å². The van der Waals surface area contributed by atoms with Crippen LogP contribution in [0.15, 0.2) is 32.3 Å². The van der Waals surface area contributed by atoms with Crippen LogP contribution in [0.1, 0.15) is 12.6 Å². The molecule has 0 aliphatic rings. The molecule has 0 amide bonds. The Bertz CT molecular complexity index is 1030. The standard InChI is InChI=1S/C16H13BrF4N2O5/c1-3-27-14(25)7-28-11-5-10(9(18)4-8(11)17)23-13(24)6-12(16(19,20)21)22(2)15(23)26/h4-6H,3,7H2,1-2H3. The van der Waals surface area contributed by atoms with E-state index < -0.39 is 47.2 Å². The van der Waals surface area contributed by atoms with Crippen molar-refractivity contribution in [2.45, 2.75) is 13.1 Å². The van der Waals surface area contributed by atoms with Gasteiger partial charge in [0.1, 0.15) is 17.3 Å². The van der Waals surface area contributed by atoms with Crippen molar-refractivity contribution in [3.05, 3.63) is 55.0 Å². The highest BCUT2D eigenvalue weighted by Gasteiger charge is 2.35. The summed E-state index contributed by atoms with van der Waals surface area (Å²) >= 11 is 3.00. The predicted molar refractivity (Wildman–Crippen MR) is 92.1 cm³/mol. The number of nitrogens with zero attached hydrogens (tertiary/aromatic N) is 2. The molecule has 0 bridgehead atoms. The highest BCUT2D eigenvalue weighted by Crippen LogP contribution is 2.30. The smallest absolute Gasteiger partial charge is 0.431 e. The molecule has 0 aliphatic carbocycles. The molecule has 0 saturated heterocycles. The Balaban J connectivity index is 2.58. The Labute approximate surface area is 163 Å². The van der Waals surface area contributed by atoms with Gasteiger partial charge in [0.25, 0.3) is 5.56 Å². The first kappa shape index (κ1) is 21.7. The van der Waals surface area contributed by atoms with Crippen LogP contribution < -0.4 is 16.0 Å². The number of ether oxygens (including phenoxy) is 2. The minimum atomic E-state index is -4.95. The minimum Gasteiger partial charge on any atom is -0.481 e. The van der Waals surface area contributed by atoms with Crippen molar-refractivity contribution in [3.8, 4) is 11.4 Å². The molecule has 0 spiro atoms. The number of carbonyl (C=O) groups is 1. The number of hydrogen-bond acceptors (Lipinski definition) is 5. The summed E-state index contributed by atoms with van der Waals surface area (Å²) in [5, 5.41) is 0. The second kappa shape index (κ2) is 8.17. The van der Waals surface area contributed by atoms with Crippen LogP contribution >= 0.6 is 15.9 Å². The van der Waals surface area contributed by atoms with Crippen molar-refractivity contribution >= 4 is 21.9 Å². The van der Waals surface area contributed by atoms with E-state index in [-0.39, 0.29) is 32.0 Å². The van der Waals surface area contributed by atoms with Gasteiger partial charge in [-0.15, -0.1) is 0 Å². The van der Waals surface area contributed by atoms with Crippen molar-refractivity contribution in [1.82, 2.24) is 9.13 Å². The average molecular weight is 469 g/mol. The van der Waals surface area contributed by atoms with Gasteiger partial charge in [-0.2, -0.15) is 13.2 Å². The summed E-state index contributed by atoms with van der Waals surface area (Å²) in [6.45, 7) is 1.14. The summed E-state index contributed by atoms with van der Waals surface area (Å²) in [5.41, 5.74) is -4.90. The number of alkyl halides is 3. The van der Waals surface area contributed by atoms with Crippen LogP contribution in [0, 0.1) is 5.82 Å². The molecule has 0 aliphatic heterocycles. The largest absolute Gasteiger partial charge is 0.481 e. The molecular formula is C16H13BrF4N2O5. The molecule has 0 fully saturated rings. The zero-order chi connectivity index (χ0) is 21.2. The van der Waals surface area contributed by atoms with Crippen LogP contribution in [0.5, 0.6) is 5.75 Å². The van der Waals surface area contributed by atoms with Crippen LogP contribution in [0.3, 0.4) is 0 Å². The van der Waals surface area contributed by atoms with Gasteiger partial charge < -0.3 is 9.47 Å². The molecule has 2 rings (SSSR count). The van der Waals surface area contributed by atoms with E-state index in [1.807, 2.05) is 0 Å². The molecule has 0 unspecified atom stereocenters. The lowest BCUT2D eigenvalue weighted by Crippen LogP contribution is -2.41. The van der Waals surface area contributed by atoms with Gasteiger partial charge in [-0.25, -0.2) is 18.5 Å². The Morgan fingerprint density at radius 2 is 1.86 bits per heavy atom. The van der Waals surface area contributed by atoms with E-state index in [0.717, 1.165) is 19.2 Å². The van der Waals surface area contributed by atoms with Crippen molar-refractivity contribution < 1.29 is 31.8 Å². The molecule has 1 aromatic heterocycles. The molecule has 12 heteroatoms. The molecule has 0 radical (unpaired) electrons. The molecule has 28 heavy (non-hydrogen) atoms. The van der Waals surface area contributed by atoms with Gasteiger partial charge in [-0.1, -0.05) is 0 Å². The first-order valence-electron chi connectivity index (χ1n) is 7.65.